The second kappa shape index (κ2) is 6.29. The fraction of sp³-hybridized carbons (Fsp3) is 0.333. The summed E-state index contributed by atoms with van der Waals surface area (Å²) in [6.45, 7) is 2.91. The molecule has 0 saturated carbocycles. The number of para-hydroxylation sites is 1. The van der Waals surface area contributed by atoms with E-state index in [9.17, 15) is 0 Å². The number of aryl methyl sites for hydroxylation is 2. The fourth-order valence-corrected chi connectivity index (χ4v) is 3.02. The van der Waals surface area contributed by atoms with Crippen molar-refractivity contribution in [1.82, 2.24) is 5.43 Å². The lowest BCUT2D eigenvalue weighted by Gasteiger charge is -2.25. The molecule has 0 fully saturated rings. The van der Waals surface area contributed by atoms with E-state index in [1.165, 1.54) is 16.7 Å². The smallest absolute Gasteiger partial charge is 0.127 e. The highest BCUT2D eigenvalue weighted by atomic mass is 16.5. The monoisotopic (exact) mass is 282 g/mol. The lowest BCUT2D eigenvalue weighted by Crippen LogP contribution is -2.30. The molecule has 0 aromatic heterocycles. The van der Waals surface area contributed by atoms with Gasteiger partial charge < -0.3 is 4.74 Å². The number of rotatable bonds is 4. The largest absolute Gasteiger partial charge is 0.493 e. The first kappa shape index (κ1) is 14.1. The number of hydrogen-bond acceptors (Lipinski definition) is 3. The Bertz CT molecular complexity index is 624. The van der Waals surface area contributed by atoms with E-state index < -0.39 is 0 Å². The molecule has 3 heteroatoms. The third-order valence-electron chi connectivity index (χ3n) is 4.06. The van der Waals surface area contributed by atoms with Gasteiger partial charge in [0.1, 0.15) is 5.75 Å². The van der Waals surface area contributed by atoms with Crippen molar-refractivity contribution in [3.63, 3.8) is 0 Å². The summed E-state index contributed by atoms with van der Waals surface area (Å²) >= 11 is 0. The van der Waals surface area contributed by atoms with Gasteiger partial charge in [0, 0.05) is 5.56 Å². The van der Waals surface area contributed by atoms with E-state index in [0.717, 1.165) is 37.2 Å². The molecule has 0 amide bonds. The molecule has 21 heavy (non-hydrogen) atoms. The molecule has 2 aromatic rings. The Hall–Kier alpha value is -1.84. The van der Waals surface area contributed by atoms with Crippen LogP contribution in [-0.4, -0.2) is 6.61 Å². The van der Waals surface area contributed by atoms with Crippen molar-refractivity contribution in [2.45, 2.75) is 32.2 Å². The minimum Gasteiger partial charge on any atom is -0.493 e. The van der Waals surface area contributed by atoms with Gasteiger partial charge in [-0.25, -0.2) is 0 Å². The number of fused-ring (bicyclic) bond motifs is 1. The zero-order valence-electron chi connectivity index (χ0n) is 12.4. The van der Waals surface area contributed by atoms with Crippen molar-refractivity contribution in [3.8, 4) is 5.75 Å². The average Bonchev–Trinajstić information content (AvgIpc) is 2.52. The second-order valence-corrected chi connectivity index (χ2v) is 5.70. The molecule has 0 spiro atoms. The van der Waals surface area contributed by atoms with Crippen LogP contribution in [0.3, 0.4) is 0 Å². The number of ether oxygens (including phenoxy) is 1. The maximum Gasteiger partial charge on any atom is 0.127 e. The number of hydrogen-bond donors (Lipinski definition) is 2. The fourth-order valence-electron chi connectivity index (χ4n) is 3.02. The molecule has 1 atom stereocenters. The van der Waals surface area contributed by atoms with Gasteiger partial charge in [-0.05, 0) is 37.3 Å². The molecule has 110 valence electrons. The number of hydrazine groups is 1. The van der Waals surface area contributed by atoms with Gasteiger partial charge in [0.05, 0.1) is 12.6 Å². The molecular formula is C18H22N2O. The third kappa shape index (κ3) is 3.09. The second-order valence-electron chi connectivity index (χ2n) is 5.70. The van der Waals surface area contributed by atoms with Crippen LogP contribution in [-0.2, 0) is 12.8 Å². The highest BCUT2D eigenvalue weighted by Crippen LogP contribution is 2.34. The summed E-state index contributed by atoms with van der Waals surface area (Å²) in [5, 5.41) is 0. The van der Waals surface area contributed by atoms with Crippen LogP contribution in [0.1, 0.15) is 34.7 Å². The summed E-state index contributed by atoms with van der Waals surface area (Å²) in [6, 6.07) is 15.0. The number of nitrogens with two attached hydrogens (primary N) is 1. The summed E-state index contributed by atoms with van der Waals surface area (Å²) in [7, 11) is 0. The van der Waals surface area contributed by atoms with Gasteiger partial charge in [0.25, 0.3) is 0 Å². The maximum absolute atomic E-state index is 5.90. The first-order chi connectivity index (χ1) is 10.3. The average molecular weight is 282 g/mol. The van der Waals surface area contributed by atoms with Crippen LogP contribution < -0.4 is 16.0 Å². The lowest BCUT2D eigenvalue weighted by molar-refractivity contribution is 0.281. The van der Waals surface area contributed by atoms with Crippen molar-refractivity contribution in [3.05, 3.63) is 64.7 Å². The maximum atomic E-state index is 5.90. The van der Waals surface area contributed by atoms with Gasteiger partial charge in [-0.15, -0.1) is 0 Å². The predicted molar refractivity (Wildman–Crippen MR) is 85.2 cm³/mol. The summed E-state index contributed by atoms with van der Waals surface area (Å²) in [4.78, 5) is 0. The summed E-state index contributed by atoms with van der Waals surface area (Å²) in [6.07, 6.45) is 3.04. The van der Waals surface area contributed by atoms with E-state index in [-0.39, 0.29) is 6.04 Å². The summed E-state index contributed by atoms with van der Waals surface area (Å²) < 4.78 is 5.90. The van der Waals surface area contributed by atoms with E-state index in [2.05, 4.69) is 54.8 Å². The van der Waals surface area contributed by atoms with Gasteiger partial charge >= 0.3 is 0 Å². The van der Waals surface area contributed by atoms with Crippen LogP contribution in [0.25, 0.3) is 0 Å². The van der Waals surface area contributed by atoms with Gasteiger partial charge in [0.2, 0.25) is 0 Å². The minimum absolute atomic E-state index is 0.0693. The Morgan fingerprint density at radius 2 is 2.10 bits per heavy atom. The first-order valence-electron chi connectivity index (χ1n) is 7.54. The van der Waals surface area contributed by atoms with Crippen LogP contribution in [0.4, 0.5) is 0 Å². The molecule has 1 unspecified atom stereocenters. The number of nitrogens with one attached hydrogen (secondary N) is 1. The molecule has 1 heterocycles. The van der Waals surface area contributed by atoms with E-state index in [1.807, 2.05) is 0 Å². The molecule has 1 aliphatic rings. The van der Waals surface area contributed by atoms with Crippen LogP contribution >= 0.6 is 0 Å². The van der Waals surface area contributed by atoms with Gasteiger partial charge in [-0.3, -0.25) is 11.3 Å². The molecule has 1 aliphatic heterocycles. The quantitative estimate of drug-likeness (QED) is 0.669. The molecule has 0 radical (unpaired) electrons. The minimum atomic E-state index is 0.0693. The molecule has 0 bridgehead atoms. The van der Waals surface area contributed by atoms with Crippen LogP contribution in [0.15, 0.2) is 42.5 Å². The van der Waals surface area contributed by atoms with E-state index >= 15 is 0 Å². The number of benzene rings is 2. The summed E-state index contributed by atoms with van der Waals surface area (Å²) in [5.41, 5.74) is 7.97. The molecule has 3 N–H and O–H groups in total. The topological polar surface area (TPSA) is 47.3 Å². The molecular weight excluding hydrogens is 260 g/mol. The zero-order chi connectivity index (χ0) is 14.7. The normalized spacial score (nSPS) is 15.1. The highest BCUT2D eigenvalue weighted by molar-refractivity contribution is 5.45. The Labute approximate surface area is 126 Å². The van der Waals surface area contributed by atoms with Crippen molar-refractivity contribution < 1.29 is 4.74 Å². The Kier molecular flexibility index (Phi) is 4.23. The van der Waals surface area contributed by atoms with Crippen molar-refractivity contribution in [2.24, 2.45) is 5.84 Å². The molecule has 3 rings (SSSR count). The van der Waals surface area contributed by atoms with Crippen LogP contribution in [0.2, 0.25) is 0 Å². The standard InChI is InChI=1S/C18H22N2O/c1-13-5-2-6-14(11-13)12-17(20-19)16-9-3-7-15-8-4-10-21-18(15)16/h2-3,5-7,9,11,17,20H,4,8,10,12,19H2,1H3. The molecule has 3 nitrogen and oxygen atoms in total. The lowest BCUT2D eigenvalue weighted by atomic mass is 9.94. The zero-order valence-corrected chi connectivity index (χ0v) is 12.4. The van der Waals surface area contributed by atoms with E-state index in [1.54, 1.807) is 0 Å². The Morgan fingerprint density at radius 1 is 1.24 bits per heavy atom. The van der Waals surface area contributed by atoms with Crippen LogP contribution in [0, 0.1) is 6.92 Å². The Morgan fingerprint density at radius 3 is 2.90 bits per heavy atom. The van der Waals surface area contributed by atoms with Gasteiger partial charge in [-0.2, -0.15) is 0 Å². The van der Waals surface area contributed by atoms with Gasteiger partial charge in [0.15, 0.2) is 0 Å². The third-order valence-corrected chi connectivity index (χ3v) is 4.06. The van der Waals surface area contributed by atoms with Crippen molar-refractivity contribution in [1.29, 1.82) is 0 Å². The van der Waals surface area contributed by atoms with Crippen molar-refractivity contribution >= 4 is 0 Å². The van der Waals surface area contributed by atoms with Crippen LogP contribution in [0.5, 0.6) is 5.75 Å². The van der Waals surface area contributed by atoms with E-state index in [4.69, 9.17) is 10.6 Å². The highest BCUT2D eigenvalue weighted by Gasteiger charge is 2.20. The van der Waals surface area contributed by atoms with Crippen molar-refractivity contribution in [2.75, 3.05) is 6.61 Å². The SMILES string of the molecule is Cc1cccc(CC(NN)c2cccc3c2OCCC3)c1. The molecule has 2 aromatic carbocycles. The predicted octanol–water partition coefficient (Wildman–Crippen LogP) is 3.07. The molecule has 0 saturated heterocycles. The van der Waals surface area contributed by atoms with Gasteiger partial charge in [-0.1, -0.05) is 48.0 Å². The van der Waals surface area contributed by atoms with E-state index in [0.29, 0.717) is 0 Å². The first-order valence-corrected chi connectivity index (χ1v) is 7.54. The summed E-state index contributed by atoms with van der Waals surface area (Å²) in [5.74, 6) is 6.85. The molecule has 0 aliphatic carbocycles. The Balaban J connectivity index is 1.90.